The van der Waals surface area contributed by atoms with Crippen molar-refractivity contribution in [2.45, 2.75) is 18.9 Å². The molecule has 0 unspecified atom stereocenters. The lowest BCUT2D eigenvalue weighted by Crippen LogP contribution is -2.49. The smallest absolute Gasteiger partial charge is 0.224 e. The number of hydrogen-bond acceptors (Lipinski definition) is 1. The summed E-state index contributed by atoms with van der Waals surface area (Å²) in [6, 6.07) is 14.1. The number of benzene rings is 2. The van der Waals surface area contributed by atoms with Crippen molar-refractivity contribution >= 4 is 39.9 Å². The molecule has 106 valence electrons. The summed E-state index contributed by atoms with van der Waals surface area (Å²) in [7, 11) is 0. The largest absolute Gasteiger partial charge is 0.348 e. The molecule has 0 atom stereocenters. The standard InChI is InChI=1S/C16H17Cl2NO/c1-16(10-17,11-18)19-15(20)9-12-6-7-13-4-2-3-5-14(13)8-12/h2-8H,9-11H2,1H3,(H,19,20). The van der Waals surface area contributed by atoms with E-state index >= 15 is 0 Å². The monoisotopic (exact) mass is 309 g/mol. The maximum atomic E-state index is 12.1. The van der Waals surface area contributed by atoms with Crippen molar-refractivity contribution in [1.82, 2.24) is 5.32 Å². The van der Waals surface area contributed by atoms with Crippen LogP contribution in [-0.4, -0.2) is 23.2 Å². The van der Waals surface area contributed by atoms with Crippen LogP contribution in [0, 0.1) is 0 Å². The number of alkyl halides is 2. The molecule has 1 N–H and O–H groups in total. The Kier molecular flexibility index (Phi) is 4.90. The lowest BCUT2D eigenvalue weighted by atomic mass is 10.0. The summed E-state index contributed by atoms with van der Waals surface area (Å²) in [5.41, 5.74) is 0.421. The minimum Gasteiger partial charge on any atom is -0.348 e. The van der Waals surface area contributed by atoms with Crippen LogP contribution < -0.4 is 5.32 Å². The summed E-state index contributed by atoms with van der Waals surface area (Å²) >= 11 is 11.7. The van der Waals surface area contributed by atoms with Gasteiger partial charge in [-0.1, -0.05) is 42.5 Å². The van der Waals surface area contributed by atoms with Crippen molar-refractivity contribution in [3.8, 4) is 0 Å². The summed E-state index contributed by atoms with van der Waals surface area (Å²) in [5.74, 6) is 0.518. The van der Waals surface area contributed by atoms with Gasteiger partial charge in [0.1, 0.15) is 0 Å². The highest BCUT2D eigenvalue weighted by Crippen LogP contribution is 2.16. The fourth-order valence-electron chi connectivity index (χ4n) is 2.02. The predicted molar refractivity (Wildman–Crippen MR) is 85.6 cm³/mol. The normalized spacial score (nSPS) is 11.6. The van der Waals surface area contributed by atoms with E-state index in [9.17, 15) is 4.79 Å². The molecule has 2 nitrogen and oxygen atoms in total. The van der Waals surface area contributed by atoms with Gasteiger partial charge in [-0.3, -0.25) is 4.79 Å². The third kappa shape index (κ3) is 3.65. The van der Waals surface area contributed by atoms with E-state index in [1.165, 1.54) is 5.39 Å². The first-order valence-electron chi connectivity index (χ1n) is 6.47. The van der Waals surface area contributed by atoms with Crippen LogP contribution in [0.25, 0.3) is 10.8 Å². The van der Waals surface area contributed by atoms with Crippen LogP contribution in [0.4, 0.5) is 0 Å². The Morgan fingerprint density at radius 3 is 2.40 bits per heavy atom. The zero-order chi connectivity index (χ0) is 14.6. The molecule has 0 radical (unpaired) electrons. The highest BCUT2D eigenvalue weighted by atomic mass is 35.5. The first kappa shape index (κ1) is 15.1. The molecule has 2 aromatic carbocycles. The molecule has 0 bridgehead atoms. The SMILES string of the molecule is CC(CCl)(CCl)NC(=O)Cc1ccc2ccccc2c1. The molecule has 0 saturated carbocycles. The maximum absolute atomic E-state index is 12.1. The van der Waals surface area contributed by atoms with E-state index in [0.29, 0.717) is 18.2 Å². The fourth-order valence-corrected chi connectivity index (χ4v) is 2.44. The van der Waals surface area contributed by atoms with Crippen molar-refractivity contribution in [2.75, 3.05) is 11.8 Å². The van der Waals surface area contributed by atoms with Crippen molar-refractivity contribution < 1.29 is 4.79 Å². The van der Waals surface area contributed by atoms with E-state index in [2.05, 4.69) is 11.4 Å². The molecule has 0 fully saturated rings. The minimum absolute atomic E-state index is 0.0657. The van der Waals surface area contributed by atoms with Gasteiger partial charge in [0.15, 0.2) is 0 Å². The van der Waals surface area contributed by atoms with E-state index in [0.717, 1.165) is 10.9 Å². The molecule has 0 aliphatic rings. The zero-order valence-corrected chi connectivity index (χ0v) is 12.8. The lowest BCUT2D eigenvalue weighted by molar-refractivity contribution is -0.121. The zero-order valence-electron chi connectivity index (χ0n) is 11.3. The summed E-state index contributed by atoms with van der Waals surface area (Å²) in [5, 5.41) is 5.19. The summed E-state index contributed by atoms with van der Waals surface area (Å²) in [6.45, 7) is 1.84. The number of carbonyl (C=O) groups excluding carboxylic acids is 1. The van der Waals surface area contributed by atoms with Gasteiger partial charge in [-0.2, -0.15) is 0 Å². The molecular weight excluding hydrogens is 293 g/mol. The first-order chi connectivity index (χ1) is 9.56. The van der Waals surface area contributed by atoms with Crippen molar-refractivity contribution in [2.24, 2.45) is 0 Å². The van der Waals surface area contributed by atoms with Gasteiger partial charge in [-0.05, 0) is 23.3 Å². The summed E-state index contributed by atoms with van der Waals surface area (Å²) in [6.07, 6.45) is 0.328. The van der Waals surface area contributed by atoms with Crippen LogP contribution in [0.3, 0.4) is 0 Å². The van der Waals surface area contributed by atoms with Gasteiger partial charge in [0.25, 0.3) is 0 Å². The Bertz CT molecular complexity index is 608. The molecule has 4 heteroatoms. The van der Waals surface area contributed by atoms with Gasteiger partial charge < -0.3 is 5.32 Å². The second kappa shape index (κ2) is 6.47. The topological polar surface area (TPSA) is 29.1 Å². The molecule has 0 spiro atoms. The van der Waals surface area contributed by atoms with Gasteiger partial charge >= 0.3 is 0 Å². The number of nitrogens with one attached hydrogen (secondary N) is 1. The number of fused-ring (bicyclic) bond motifs is 1. The van der Waals surface area contributed by atoms with Crippen molar-refractivity contribution in [3.05, 3.63) is 48.0 Å². The third-order valence-electron chi connectivity index (χ3n) is 3.21. The van der Waals surface area contributed by atoms with Gasteiger partial charge in [0.2, 0.25) is 5.91 Å². The van der Waals surface area contributed by atoms with E-state index in [-0.39, 0.29) is 5.91 Å². The molecule has 2 aromatic rings. The Morgan fingerprint density at radius 1 is 1.10 bits per heavy atom. The average Bonchev–Trinajstić information content (AvgIpc) is 2.47. The molecule has 1 amide bonds. The number of hydrogen-bond donors (Lipinski definition) is 1. The predicted octanol–water partition coefficient (Wildman–Crippen LogP) is 3.73. The number of halogens is 2. The van der Waals surface area contributed by atoms with E-state index in [1.807, 2.05) is 43.3 Å². The first-order valence-corrected chi connectivity index (χ1v) is 7.54. The van der Waals surface area contributed by atoms with Crippen LogP contribution in [0.1, 0.15) is 12.5 Å². The van der Waals surface area contributed by atoms with Crippen molar-refractivity contribution in [1.29, 1.82) is 0 Å². The van der Waals surface area contributed by atoms with Crippen LogP contribution in [0.15, 0.2) is 42.5 Å². The molecule has 2 rings (SSSR count). The van der Waals surface area contributed by atoms with Crippen LogP contribution in [-0.2, 0) is 11.2 Å². The Labute approximate surface area is 129 Å². The van der Waals surface area contributed by atoms with E-state index in [4.69, 9.17) is 23.2 Å². The average molecular weight is 310 g/mol. The molecule has 0 heterocycles. The molecule has 0 saturated heterocycles. The third-order valence-corrected chi connectivity index (χ3v) is 4.39. The van der Waals surface area contributed by atoms with E-state index < -0.39 is 5.54 Å². The van der Waals surface area contributed by atoms with E-state index in [1.54, 1.807) is 0 Å². The maximum Gasteiger partial charge on any atom is 0.224 e. The molecule has 20 heavy (non-hydrogen) atoms. The summed E-state index contributed by atoms with van der Waals surface area (Å²) in [4.78, 5) is 12.1. The van der Waals surface area contributed by atoms with Gasteiger partial charge in [0, 0.05) is 11.8 Å². The summed E-state index contributed by atoms with van der Waals surface area (Å²) < 4.78 is 0. The highest BCUT2D eigenvalue weighted by Gasteiger charge is 2.24. The molecule has 0 aromatic heterocycles. The second-order valence-electron chi connectivity index (χ2n) is 5.23. The highest BCUT2D eigenvalue weighted by molar-refractivity contribution is 6.22. The molecule has 0 aliphatic carbocycles. The molecule has 0 aliphatic heterocycles. The Balaban J connectivity index is 2.10. The fraction of sp³-hybridized carbons (Fsp3) is 0.312. The van der Waals surface area contributed by atoms with Gasteiger partial charge in [0.05, 0.1) is 12.0 Å². The number of rotatable bonds is 5. The van der Waals surface area contributed by atoms with Crippen LogP contribution >= 0.6 is 23.2 Å². The Hall–Kier alpha value is -1.25. The van der Waals surface area contributed by atoms with Crippen LogP contribution in [0.2, 0.25) is 0 Å². The lowest BCUT2D eigenvalue weighted by Gasteiger charge is -2.25. The second-order valence-corrected chi connectivity index (χ2v) is 5.77. The Morgan fingerprint density at radius 2 is 1.75 bits per heavy atom. The minimum atomic E-state index is -0.558. The molecular formula is C16H17Cl2NO. The number of amides is 1. The number of carbonyl (C=O) groups is 1. The van der Waals surface area contributed by atoms with Crippen molar-refractivity contribution in [3.63, 3.8) is 0 Å². The quantitative estimate of drug-likeness (QED) is 0.838. The van der Waals surface area contributed by atoms with Gasteiger partial charge in [-0.15, -0.1) is 23.2 Å². The van der Waals surface area contributed by atoms with Gasteiger partial charge in [-0.25, -0.2) is 0 Å². The van der Waals surface area contributed by atoms with Crippen LogP contribution in [0.5, 0.6) is 0 Å².